The summed E-state index contributed by atoms with van der Waals surface area (Å²) >= 11 is 0. The number of β-amino-alcohol motifs (C(OH)–C–C–N with tert-alkyl or cyclic N) is 1. The van der Waals surface area contributed by atoms with Gasteiger partial charge in [0.2, 0.25) is 0 Å². The average Bonchev–Trinajstić information content (AvgIpc) is 3.11. The molecule has 0 saturated carbocycles. The van der Waals surface area contributed by atoms with Crippen LogP contribution < -0.4 is 4.74 Å². The Hall–Kier alpha value is -2.88. The lowest BCUT2D eigenvalue weighted by Gasteiger charge is -2.29. The van der Waals surface area contributed by atoms with E-state index in [1.807, 2.05) is 6.07 Å². The number of ether oxygens (including phenoxy) is 2. The number of carboxylic acids is 2. The largest absolute Gasteiger partial charge is 0.497 e. The van der Waals surface area contributed by atoms with Gasteiger partial charge in [0.25, 0.3) is 0 Å². The first-order chi connectivity index (χ1) is 15.9. The Kier molecular flexibility index (Phi) is 8.87. The molecule has 1 unspecified atom stereocenters. The molecular formula is C24H32N2O7. The second-order valence-corrected chi connectivity index (χ2v) is 8.20. The quantitative estimate of drug-likeness (QED) is 0.536. The van der Waals surface area contributed by atoms with Gasteiger partial charge in [-0.05, 0) is 49.4 Å². The molecular weight excluding hydrogens is 428 g/mol. The van der Waals surface area contributed by atoms with Crippen molar-refractivity contribution in [1.82, 2.24) is 9.47 Å². The summed E-state index contributed by atoms with van der Waals surface area (Å²) < 4.78 is 13.2. The standard InChI is InChI=1S/C20H28N2O3.C4H4O4/c1-24-16-6-7-20-18(12-16)17-4-2-3-5-19(17)22(20)14-15(23)13-21-8-10-25-11-9-21;5-3(6)1-2-4(7)8/h6-7,12,15,23H,2-5,8-11,13-14H2,1H3;1-2H,(H,5,6)(H,7,8)/b;2-1+. The van der Waals surface area contributed by atoms with Crippen LogP contribution in [0.4, 0.5) is 0 Å². The molecule has 1 aliphatic heterocycles. The van der Waals surface area contributed by atoms with Crippen molar-refractivity contribution in [1.29, 1.82) is 0 Å². The van der Waals surface area contributed by atoms with Crippen molar-refractivity contribution in [2.45, 2.75) is 38.3 Å². The molecule has 2 aliphatic rings. The van der Waals surface area contributed by atoms with Crippen LogP contribution in [0.2, 0.25) is 0 Å². The predicted molar refractivity (Wildman–Crippen MR) is 123 cm³/mol. The number of rotatable bonds is 7. The number of methoxy groups -OCH3 is 1. The molecule has 1 atom stereocenters. The molecule has 1 aromatic heterocycles. The van der Waals surface area contributed by atoms with E-state index < -0.39 is 11.9 Å². The van der Waals surface area contributed by atoms with E-state index in [4.69, 9.17) is 19.7 Å². The van der Waals surface area contributed by atoms with Crippen LogP contribution in [0.5, 0.6) is 5.75 Å². The van der Waals surface area contributed by atoms with Gasteiger partial charge in [0.05, 0.1) is 33.0 Å². The minimum absolute atomic E-state index is 0.359. The highest BCUT2D eigenvalue weighted by atomic mass is 16.5. The molecule has 1 aliphatic carbocycles. The molecule has 0 bridgehead atoms. The maximum Gasteiger partial charge on any atom is 0.328 e. The molecule has 180 valence electrons. The van der Waals surface area contributed by atoms with Crippen LogP contribution in [-0.4, -0.2) is 82.8 Å². The van der Waals surface area contributed by atoms with E-state index in [2.05, 4.69) is 21.6 Å². The molecule has 9 nitrogen and oxygen atoms in total. The van der Waals surface area contributed by atoms with Crippen LogP contribution in [0.15, 0.2) is 30.4 Å². The van der Waals surface area contributed by atoms with Crippen molar-refractivity contribution in [3.63, 3.8) is 0 Å². The van der Waals surface area contributed by atoms with Gasteiger partial charge in [0, 0.05) is 48.4 Å². The molecule has 1 saturated heterocycles. The highest BCUT2D eigenvalue weighted by Gasteiger charge is 2.23. The third-order valence-corrected chi connectivity index (χ3v) is 5.92. The Morgan fingerprint density at radius 2 is 1.76 bits per heavy atom. The molecule has 1 aromatic carbocycles. The predicted octanol–water partition coefficient (Wildman–Crippen LogP) is 1.93. The van der Waals surface area contributed by atoms with E-state index in [1.165, 1.54) is 35.0 Å². The third-order valence-electron chi connectivity index (χ3n) is 5.92. The number of nitrogens with zero attached hydrogens (tertiary/aromatic N) is 2. The monoisotopic (exact) mass is 460 g/mol. The van der Waals surface area contributed by atoms with E-state index >= 15 is 0 Å². The number of hydrogen-bond donors (Lipinski definition) is 3. The topological polar surface area (TPSA) is 121 Å². The summed E-state index contributed by atoms with van der Waals surface area (Å²) in [5, 5.41) is 27.6. The van der Waals surface area contributed by atoms with E-state index in [0.717, 1.165) is 44.9 Å². The number of benzene rings is 1. The van der Waals surface area contributed by atoms with E-state index in [0.29, 0.717) is 25.2 Å². The summed E-state index contributed by atoms with van der Waals surface area (Å²) in [7, 11) is 1.72. The lowest BCUT2D eigenvalue weighted by atomic mass is 9.95. The maximum absolute atomic E-state index is 10.7. The van der Waals surface area contributed by atoms with Crippen LogP contribution in [0.3, 0.4) is 0 Å². The number of aromatic nitrogens is 1. The Bertz CT molecular complexity index is 976. The summed E-state index contributed by atoms with van der Waals surface area (Å²) in [6, 6.07) is 6.33. The number of aryl methyl sites for hydroxylation is 1. The maximum atomic E-state index is 10.7. The van der Waals surface area contributed by atoms with Gasteiger partial charge in [0.15, 0.2) is 0 Å². The second-order valence-electron chi connectivity index (χ2n) is 8.20. The van der Waals surface area contributed by atoms with Crippen LogP contribution in [0, 0.1) is 0 Å². The number of aliphatic carboxylic acids is 2. The molecule has 1 fully saturated rings. The Morgan fingerprint density at radius 3 is 2.39 bits per heavy atom. The first-order valence-corrected chi connectivity index (χ1v) is 11.2. The molecule has 9 heteroatoms. The highest BCUT2D eigenvalue weighted by Crippen LogP contribution is 2.34. The Morgan fingerprint density at radius 1 is 1.09 bits per heavy atom. The SMILES string of the molecule is COc1ccc2c(c1)c1c(n2CC(O)CN2CCOCC2)CCCC1.O=C(O)/C=C/C(=O)O. The van der Waals surface area contributed by atoms with Crippen LogP contribution in [0.25, 0.3) is 10.9 Å². The second kappa shape index (κ2) is 11.8. The van der Waals surface area contributed by atoms with E-state index in [9.17, 15) is 14.7 Å². The van der Waals surface area contributed by atoms with Crippen LogP contribution in [-0.2, 0) is 33.7 Å². The van der Waals surface area contributed by atoms with Crippen molar-refractivity contribution >= 4 is 22.8 Å². The van der Waals surface area contributed by atoms with E-state index in [-0.39, 0.29) is 6.10 Å². The van der Waals surface area contributed by atoms with Gasteiger partial charge in [-0.2, -0.15) is 0 Å². The number of carboxylic acid groups (broad SMARTS) is 2. The normalized spacial score (nSPS) is 17.3. The zero-order valence-electron chi connectivity index (χ0n) is 18.9. The first kappa shape index (κ1) is 24.8. The van der Waals surface area contributed by atoms with Crippen LogP contribution in [0.1, 0.15) is 24.1 Å². The first-order valence-electron chi connectivity index (χ1n) is 11.2. The fourth-order valence-corrected chi connectivity index (χ4v) is 4.44. The van der Waals surface area contributed by atoms with Gasteiger partial charge >= 0.3 is 11.9 Å². The van der Waals surface area contributed by atoms with Crippen LogP contribution >= 0.6 is 0 Å². The Labute approximate surface area is 192 Å². The third kappa shape index (κ3) is 6.80. The molecule has 2 heterocycles. The average molecular weight is 461 g/mol. The summed E-state index contributed by atoms with van der Waals surface area (Å²) in [5.74, 6) is -1.60. The minimum atomic E-state index is -1.26. The molecule has 0 radical (unpaired) electrons. The number of carbonyl (C=O) groups is 2. The Balaban J connectivity index is 0.000000331. The summed E-state index contributed by atoms with van der Waals surface area (Å²) in [4.78, 5) is 21.4. The van der Waals surface area contributed by atoms with Gasteiger partial charge < -0.3 is 29.4 Å². The molecule has 3 N–H and O–H groups in total. The van der Waals surface area contributed by atoms with Crippen molar-refractivity contribution in [2.75, 3.05) is 40.0 Å². The molecule has 0 spiro atoms. The lowest BCUT2D eigenvalue weighted by molar-refractivity contribution is -0.134. The molecule has 33 heavy (non-hydrogen) atoms. The van der Waals surface area contributed by atoms with E-state index in [1.54, 1.807) is 7.11 Å². The smallest absolute Gasteiger partial charge is 0.328 e. The summed E-state index contributed by atoms with van der Waals surface area (Å²) in [6.45, 7) is 4.75. The van der Waals surface area contributed by atoms with Gasteiger partial charge in [-0.15, -0.1) is 0 Å². The zero-order chi connectivity index (χ0) is 23.8. The van der Waals surface area contributed by atoms with Crippen molar-refractivity contribution in [3.8, 4) is 5.75 Å². The fraction of sp³-hybridized carbons (Fsp3) is 0.500. The van der Waals surface area contributed by atoms with Gasteiger partial charge in [-0.25, -0.2) is 9.59 Å². The van der Waals surface area contributed by atoms with Gasteiger partial charge in [-0.1, -0.05) is 0 Å². The zero-order valence-corrected chi connectivity index (χ0v) is 18.9. The van der Waals surface area contributed by atoms with Gasteiger partial charge in [0.1, 0.15) is 5.75 Å². The molecule has 4 rings (SSSR count). The van der Waals surface area contributed by atoms with Crippen molar-refractivity contribution in [3.05, 3.63) is 41.6 Å². The summed E-state index contributed by atoms with van der Waals surface area (Å²) in [6.07, 6.45) is 5.48. The van der Waals surface area contributed by atoms with Crippen molar-refractivity contribution in [2.24, 2.45) is 0 Å². The minimum Gasteiger partial charge on any atom is -0.497 e. The molecule has 2 aromatic rings. The number of aliphatic hydroxyl groups excluding tert-OH is 1. The lowest BCUT2D eigenvalue weighted by Crippen LogP contribution is -2.42. The number of morpholine rings is 1. The van der Waals surface area contributed by atoms with Crippen molar-refractivity contribution < 1.29 is 34.4 Å². The number of aliphatic hydroxyl groups is 1. The summed E-state index contributed by atoms with van der Waals surface area (Å²) in [5.41, 5.74) is 4.10. The van der Waals surface area contributed by atoms with Gasteiger partial charge in [-0.3, -0.25) is 4.90 Å². The number of hydrogen-bond acceptors (Lipinski definition) is 6. The number of fused-ring (bicyclic) bond motifs is 3. The fourth-order valence-electron chi connectivity index (χ4n) is 4.44. The molecule has 0 amide bonds. The highest BCUT2D eigenvalue weighted by molar-refractivity contribution is 5.89.